The van der Waals surface area contributed by atoms with Crippen LogP contribution in [0.4, 0.5) is 30.6 Å². The number of nitrogens with one attached hydrogen (secondary N) is 1. The number of rotatable bonds is 7. The van der Waals surface area contributed by atoms with E-state index in [-0.39, 0.29) is 37.7 Å². The average molecular weight is 379 g/mol. The predicted octanol–water partition coefficient (Wildman–Crippen LogP) is 3.32. The second-order valence-corrected chi connectivity index (χ2v) is 5.58. The van der Waals surface area contributed by atoms with Gasteiger partial charge in [0.05, 0.1) is 22.8 Å². The number of halogens is 2. The number of non-ortho nitro benzene ring substituents is 1. The molecular formula is C17H15F2N3O5. The summed E-state index contributed by atoms with van der Waals surface area (Å²) in [4.78, 5) is 23.5. The maximum atomic E-state index is 13.1. The zero-order valence-corrected chi connectivity index (χ0v) is 14.0. The van der Waals surface area contributed by atoms with Crippen molar-refractivity contribution >= 4 is 23.2 Å². The Balaban J connectivity index is 1.67. The Morgan fingerprint density at radius 3 is 2.70 bits per heavy atom. The Kier molecular flexibility index (Phi) is 5.34. The number of carbonyl (C=O) groups is 1. The lowest BCUT2D eigenvalue weighted by Gasteiger charge is -2.18. The minimum atomic E-state index is -1.01. The quantitative estimate of drug-likeness (QED) is 0.451. The lowest BCUT2D eigenvalue weighted by Crippen LogP contribution is -2.25. The van der Waals surface area contributed by atoms with Crippen LogP contribution in [0.1, 0.15) is 0 Å². The smallest absolute Gasteiger partial charge is 0.414 e. The molecule has 27 heavy (non-hydrogen) atoms. The van der Waals surface area contributed by atoms with Gasteiger partial charge in [-0.05, 0) is 18.2 Å². The van der Waals surface area contributed by atoms with E-state index in [4.69, 9.17) is 9.47 Å². The lowest BCUT2D eigenvalue weighted by atomic mass is 10.2. The molecule has 0 unspecified atom stereocenters. The summed E-state index contributed by atoms with van der Waals surface area (Å²) in [5.41, 5.74) is 0.640. The molecule has 1 aliphatic rings. The molecule has 1 N–H and O–H groups in total. The molecule has 0 spiro atoms. The number of nitrogens with zero attached hydrogens (tertiary/aromatic N) is 2. The Bertz CT molecular complexity index is 878. The number of nitro benzene ring substituents is 1. The maximum absolute atomic E-state index is 13.1. The Morgan fingerprint density at radius 1 is 1.22 bits per heavy atom. The van der Waals surface area contributed by atoms with Crippen molar-refractivity contribution in [1.29, 1.82) is 0 Å². The van der Waals surface area contributed by atoms with Crippen LogP contribution in [0.2, 0.25) is 0 Å². The minimum absolute atomic E-state index is 0.117. The maximum Gasteiger partial charge on any atom is 0.414 e. The van der Waals surface area contributed by atoms with Gasteiger partial charge in [-0.1, -0.05) is 0 Å². The molecule has 3 rings (SSSR count). The van der Waals surface area contributed by atoms with Crippen LogP contribution in [0.15, 0.2) is 36.4 Å². The molecule has 1 saturated heterocycles. The molecule has 0 radical (unpaired) electrons. The largest absolute Gasteiger partial charge is 0.492 e. The zero-order valence-electron chi connectivity index (χ0n) is 14.0. The molecule has 1 amide bonds. The SMILES string of the molecule is O=C1OCCN1c1cc([N+](=O)[O-])ccc1NCCOc1ccc(F)c(F)c1. The highest BCUT2D eigenvalue weighted by Gasteiger charge is 2.27. The number of nitro groups is 1. The molecule has 0 bridgehead atoms. The third-order valence-corrected chi connectivity index (χ3v) is 3.82. The van der Waals surface area contributed by atoms with E-state index in [2.05, 4.69) is 5.32 Å². The van der Waals surface area contributed by atoms with Crippen molar-refractivity contribution in [2.45, 2.75) is 0 Å². The van der Waals surface area contributed by atoms with Gasteiger partial charge in [-0.2, -0.15) is 0 Å². The number of hydrogen-bond acceptors (Lipinski definition) is 6. The van der Waals surface area contributed by atoms with Crippen molar-refractivity contribution in [3.05, 3.63) is 58.1 Å². The lowest BCUT2D eigenvalue weighted by molar-refractivity contribution is -0.384. The van der Waals surface area contributed by atoms with Crippen molar-refractivity contribution in [3.8, 4) is 5.75 Å². The van der Waals surface area contributed by atoms with E-state index in [1.165, 1.54) is 29.2 Å². The standard InChI is InChI=1S/C17H15F2N3O5/c18-13-3-2-12(10-14(13)19)26-7-5-20-15-4-1-11(22(24)25)9-16(15)21-6-8-27-17(21)23/h1-4,9-10,20H,5-8H2. The van der Waals surface area contributed by atoms with Crippen LogP contribution in [0.5, 0.6) is 5.75 Å². The van der Waals surface area contributed by atoms with Crippen LogP contribution >= 0.6 is 0 Å². The summed E-state index contributed by atoms with van der Waals surface area (Å²) in [5, 5.41) is 14.0. The summed E-state index contributed by atoms with van der Waals surface area (Å²) in [6, 6.07) is 7.28. The summed E-state index contributed by atoms with van der Waals surface area (Å²) in [6.45, 7) is 0.846. The molecule has 0 aromatic heterocycles. The van der Waals surface area contributed by atoms with Crippen LogP contribution in [-0.2, 0) is 4.74 Å². The summed E-state index contributed by atoms with van der Waals surface area (Å²) < 4.78 is 36.2. The van der Waals surface area contributed by atoms with Crippen LogP contribution in [0, 0.1) is 21.7 Å². The molecule has 142 valence electrons. The first-order valence-corrected chi connectivity index (χ1v) is 8.00. The third kappa shape index (κ3) is 4.22. The van der Waals surface area contributed by atoms with Crippen molar-refractivity contribution < 1.29 is 28.0 Å². The summed E-state index contributed by atoms with van der Waals surface area (Å²) in [7, 11) is 0. The molecule has 0 atom stereocenters. The normalized spacial score (nSPS) is 13.4. The number of cyclic esters (lactones) is 1. The van der Waals surface area contributed by atoms with Crippen LogP contribution in [0.25, 0.3) is 0 Å². The Morgan fingerprint density at radius 2 is 2.04 bits per heavy atom. The van der Waals surface area contributed by atoms with E-state index >= 15 is 0 Å². The van der Waals surface area contributed by atoms with E-state index in [0.29, 0.717) is 11.4 Å². The van der Waals surface area contributed by atoms with Gasteiger partial charge in [-0.3, -0.25) is 15.0 Å². The van der Waals surface area contributed by atoms with Gasteiger partial charge in [0, 0.05) is 24.7 Å². The number of benzene rings is 2. The van der Waals surface area contributed by atoms with E-state index in [0.717, 1.165) is 12.1 Å². The van der Waals surface area contributed by atoms with Gasteiger partial charge >= 0.3 is 6.09 Å². The number of carbonyl (C=O) groups excluding carboxylic acids is 1. The third-order valence-electron chi connectivity index (χ3n) is 3.82. The molecule has 0 aliphatic carbocycles. The number of amides is 1. The fourth-order valence-corrected chi connectivity index (χ4v) is 2.54. The first-order valence-electron chi connectivity index (χ1n) is 8.00. The van der Waals surface area contributed by atoms with E-state index in [1.807, 2.05) is 0 Å². The van der Waals surface area contributed by atoms with Gasteiger partial charge in [0.2, 0.25) is 0 Å². The molecular weight excluding hydrogens is 364 g/mol. The fourth-order valence-electron chi connectivity index (χ4n) is 2.54. The highest BCUT2D eigenvalue weighted by molar-refractivity contribution is 5.94. The molecule has 1 heterocycles. The first kappa shape index (κ1) is 18.4. The van der Waals surface area contributed by atoms with Crippen LogP contribution < -0.4 is 15.0 Å². The van der Waals surface area contributed by atoms with E-state index in [1.54, 1.807) is 0 Å². The number of hydrogen-bond donors (Lipinski definition) is 1. The summed E-state index contributed by atoms with van der Waals surface area (Å²) in [6.07, 6.45) is -0.586. The molecule has 10 heteroatoms. The summed E-state index contributed by atoms with van der Waals surface area (Å²) >= 11 is 0. The monoisotopic (exact) mass is 379 g/mol. The Labute approximate surface area is 152 Å². The summed E-state index contributed by atoms with van der Waals surface area (Å²) in [5.74, 6) is -1.80. The van der Waals surface area contributed by atoms with E-state index in [9.17, 15) is 23.7 Å². The molecule has 0 saturated carbocycles. The van der Waals surface area contributed by atoms with Gasteiger partial charge in [0.1, 0.15) is 19.0 Å². The van der Waals surface area contributed by atoms with Gasteiger partial charge in [0.25, 0.3) is 5.69 Å². The van der Waals surface area contributed by atoms with Crippen molar-refractivity contribution in [2.75, 3.05) is 36.5 Å². The first-order chi connectivity index (χ1) is 13.0. The molecule has 2 aromatic carbocycles. The van der Waals surface area contributed by atoms with Gasteiger partial charge < -0.3 is 14.8 Å². The minimum Gasteiger partial charge on any atom is -0.492 e. The topological polar surface area (TPSA) is 93.9 Å². The highest BCUT2D eigenvalue weighted by atomic mass is 19.2. The predicted molar refractivity (Wildman–Crippen MR) is 92.1 cm³/mol. The number of ether oxygens (including phenoxy) is 2. The van der Waals surface area contributed by atoms with Crippen molar-refractivity contribution in [3.63, 3.8) is 0 Å². The zero-order chi connectivity index (χ0) is 19.4. The fraction of sp³-hybridized carbons (Fsp3) is 0.235. The Hall–Kier alpha value is -3.43. The van der Waals surface area contributed by atoms with Gasteiger partial charge in [0.15, 0.2) is 11.6 Å². The number of anilines is 2. The molecule has 2 aromatic rings. The highest BCUT2D eigenvalue weighted by Crippen LogP contribution is 2.32. The van der Waals surface area contributed by atoms with E-state index < -0.39 is 22.7 Å². The average Bonchev–Trinajstić information content (AvgIpc) is 3.07. The van der Waals surface area contributed by atoms with Gasteiger partial charge in [-0.25, -0.2) is 13.6 Å². The van der Waals surface area contributed by atoms with Crippen molar-refractivity contribution in [1.82, 2.24) is 0 Å². The molecule has 1 aliphatic heterocycles. The van der Waals surface area contributed by atoms with Crippen molar-refractivity contribution in [2.24, 2.45) is 0 Å². The van der Waals surface area contributed by atoms with Gasteiger partial charge in [-0.15, -0.1) is 0 Å². The van der Waals surface area contributed by atoms with Crippen LogP contribution in [-0.4, -0.2) is 37.3 Å². The second kappa shape index (κ2) is 7.85. The molecule has 1 fully saturated rings. The van der Waals surface area contributed by atoms with Crippen LogP contribution in [0.3, 0.4) is 0 Å². The molecule has 8 nitrogen and oxygen atoms in total. The second-order valence-electron chi connectivity index (χ2n) is 5.58.